The van der Waals surface area contributed by atoms with Crippen LogP contribution in [0.5, 0.6) is 0 Å². The van der Waals surface area contributed by atoms with Gasteiger partial charge in [-0.1, -0.05) is 88.0 Å². The first-order valence-corrected chi connectivity index (χ1v) is 13.2. The second-order valence-electron chi connectivity index (χ2n) is 12.8. The lowest BCUT2D eigenvalue weighted by atomic mass is 9.36. The fourth-order valence-electron chi connectivity index (χ4n) is 8.89. The molecule has 3 aromatic rings. The van der Waals surface area contributed by atoms with Crippen molar-refractivity contribution in [3.8, 4) is 0 Å². The average Bonchev–Trinajstić information content (AvgIpc) is 2.71. The normalized spacial score (nSPS) is 30.2. The highest BCUT2D eigenvalue weighted by molar-refractivity contribution is 5.50. The van der Waals surface area contributed by atoms with Crippen LogP contribution in [0.25, 0.3) is 0 Å². The highest BCUT2D eigenvalue weighted by Gasteiger charge is 2.64. The Balaban J connectivity index is 1.59. The molecule has 0 nitrogen and oxygen atoms in total. The first-order valence-electron chi connectivity index (χ1n) is 13.2. The number of rotatable bonds is 3. The van der Waals surface area contributed by atoms with Crippen LogP contribution in [-0.4, -0.2) is 0 Å². The van der Waals surface area contributed by atoms with E-state index in [-0.39, 0.29) is 16.2 Å². The largest absolute Gasteiger partial charge is 0.0564 e. The predicted octanol–water partition coefficient (Wildman–Crippen LogP) is 8.61. The van der Waals surface area contributed by atoms with Gasteiger partial charge in [-0.2, -0.15) is 0 Å². The van der Waals surface area contributed by atoms with E-state index < -0.39 is 0 Å². The van der Waals surface area contributed by atoms with Crippen LogP contribution in [0.4, 0.5) is 0 Å². The van der Waals surface area contributed by atoms with E-state index in [2.05, 4.69) is 96.1 Å². The highest BCUT2D eigenvalue weighted by atomic mass is 14.7. The molecule has 0 atom stereocenters. The van der Waals surface area contributed by atoms with Crippen LogP contribution in [0.1, 0.15) is 88.6 Å². The van der Waals surface area contributed by atoms with Gasteiger partial charge in [-0.25, -0.2) is 0 Å². The van der Waals surface area contributed by atoms with Gasteiger partial charge in [0.15, 0.2) is 0 Å². The van der Waals surface area contributed by atoms with Gasteiger partial charge in [0.05, 0.1) is 0 Å². The summed E-state index contributed by atoms with van der Waals surface area (Å²) >= 11 is 0. The molecule has 0 N–H and O–H groups in total. The molecular formula is C34H39. The van der Waals surface area contributed by atoms with Crippen molar-refractivity contribution in [3.63, 3.8) is 0 Å². The van der Waals surface area contributed by atoms with Gasteiger partial charge in [0.1, 0.15) is 0 Å². The minimum atomic E-state index is 0.246. The molecule has 4 saturated carbocycles. The van der Waals surface area contributed by atoms with Crippen molar-refractivity contribution in [1.82, 2.24) is 0 Å². The summed E-state index contributed by atoms with van der Waals surface area (Å²) in [4.78, 5) is 0. The molecule has 175 valence electrons. The highest BCUT2D eigenvalue weighted by Crippen LogP contribution is 2.71. The van der Waals surface area contributed by atoms with E-state index in [1.54, 1.807) is 16.7 Å². The van der Waals surface area contributed by atoms with Crippen molar-refractivity contribution in [1.29, 1.82) is 0 Å². The number of hydrogen-bond acceptors (Lipinski definition) is 0. The van der Waals surface area contributed by atoms with Gasteiger partial charge in [-0.3, -0.25) is 0 Å². The molecule has 0 aromatic heterocycles. The maximum Gasteiger partial charge on any atom is -0.00243 e. The Hall–Kier alpha value is -2.34. The minimum absolute atomic E-state index is 0.246. The number of benzene rings is 3. The van der Waals surface area contributed by atoms with Gasteiger partial charge < -0.3 is 0 Å². The Morgan fingerprint density at radius 2 is 0.618 bits per heavy atom. The van der Waals surface area contributed by atoms with Gasteiger partial charge in [0.2, 0.25) is 0 Å². The molecule has 0 saturated heterocycles. The molecule has 34 heavy (non-hydrogen) atoms. The van der Waals surface area contributed by atoms with E-state index >= 15 is 0 Å². The summed E-state index contributed by atoms with van der Waals surface area (Å²) in [6.45, 7) is 13.7. The van der Waals surface area contributed by atoms with E-state index in [4.69, 9.17) is 0 Å². The Labute approximate surface area is 206 Å². The molecule has 0 heterocycles. The van der Waals surface area contributed by atoms with Crippen LogP contribution in [0.3, 0.4) is 0 Å². The fourth-order valence-corrected chi connectivity index (χ4v) is 8.89. The fraction of sp³-hybridized carbons (Fsp3) is 0.441. The Kier molecular flexibility index (Phi) is 4.77. The van der Waals surface area contributed by atoms with Gasteiger partial charge in [-0.15, -0.1) is 0 Å². The second kappa shape index (κ2) is 7.33. The molecule has 3 aromatic carbocycles. The van der Waals surface area contributed by atoms with Gasteiger partial charge in [0.25, 0.3) is 0 Å². The third-order valence-corrected chi connectivity index (χ3v) is 9.30. The van der Waals surface area contributed by atoms with Crippen LogP contribution in [0.15, 0.2) is 54.6 Å². The Morgan fingerprint density at radius 3 is 0.853 bits per heavy atom. The smallest absolute Gasteiger partial charge is 0.00243 e. The standard InChI is InChI=1S/C34H39/c1-22-7-23(2)11-29(10-22)32-16-28-17-33(19-32,30-12-24(3)8-25(4)13-30)21-34(18-28,20-32)31-14-26(5)9-27(6)15-31/h7-15H,16-21H2,1-6H3. The van der Waals surface area contributed by atoms with Gasteiger partial charge >= 0.3 is 0 Å². The lowest BCUT2D eigenvalue weighted by molar-refractivity contribution is 0.0104. The van der Waals surface area contributed by atoms with E-state index in [1.165, 1.54) is 71.9 Å². The Morgan fingerprint density at radius 1 is 0.382 bits per heavy atom. The molecule has 1 radical (unpaired) electrons. The molecule has 4 aliphatic carbocycles. The lowest BCUT2D eigenvalue weighted by Gasteiger charge is -2.67. The van der Waals surface area contributed by atoms with Crippen LogP contribution in [-0.2, 0) is 16.2 Å². The monoisotopic (exact) mass is 447 g/mol. The quantitative estimate of drug-likeness (QED) is 0.377. The van der Waals surface area contributed by atoms with E-state index in [1.807, 2.05) is 5.92 Å². The molecule has 4 bridgehead atoms. The first kappa shape index (κ1) is 22.1. The van der Waals surface area contributed by atoms with Crippen molar-refractivity contribution >= 4 is 0 Å². The van der Waals surface area contributed by atoms with Crippen LogP contribution < -0.4 is 0 Å². The first-order chi connectivity index (χ1) is 16.1. The molecule has 0 spiro atoms. The maximum absolute atomic E-state index is 2.52. The summed E-state index contributed by atoms with van der Waals surface area (Å²) < 4.78 is 0. The third-order valence-electron chi connectivity index (χ3n) is 9.30. The summed E-state index contributed by atoms with van der Waals surface area (Å²) in [5, 5.41) is 0. The summed E-state index contributed by atoms with van der Waals surface area (Å²) in [5.41, 5.74) is 14.0. The van der Waals surface area contributed by atoms with E-state index in [9.17, 15) is 0 Å². The number of hydrogen-bond donors (Lipinski definition) is 0. The molecule has 0 aliphatic heterocycles. The van der Waals surface area contributed by atoms with E-state index in [0.29, 0.717) is 0 Å². The third kappa shape index (κ3) is 3.40. The second-order valence-corrected chi connectivity index (χ2v) is 12.8. The zero-order chi connectivity index (χ0) is 23.9. The minimum Gasteiger partial charge on any atom is -0.0564 e. The van der Waals surface area contributed by atoms with Crippen molar-refractivity contribution in [2.45, 2.75) is 96.3 Å². The van der Waals surface area contributed by atoms with Crippen molar-refractivity contribution in [2.24, 2.45) is 0 Å². The van der Waals surface area contributed by atoms with Gasteiger partial charge in [-0.05, 0) is 119 Å². The van der Waals surface area contributed by atoms with Crippen molar-refractivity contribution in [2.75, 3.05) is 0 Å². The maximum atomic E-state index is 2.52. The molecule has 0 unspecified atom stereocenters. The number of aryl methyl sites for hydroxylation is 6. The zero-order valence-electron chi connectivity index (χ0n) is 21.9. The van der Waals surface area contributed by atoms with Crippen LogP contribution in [0.2, 0.25) is 0 Å². The molecule has 7 rings (SSSR count). The summed E-state index contributed by atoms with van der Waals surface area (Å²) in [5.74, 6) is 1.82. The SMILES string of the molecule is Cc1cc(C)cc(C23C[C]4CC(c5cc(C)cc(C)c5)(C2)CC(c2cc(C)cc(C)c2)(C4)C3)c1. The lowest BCUT2D eigenvalue weighted by Crippen LogP contribution is -2.61. The van der Waals surface area contributed by atoms with Gasteiger partial charge in [0, 0.05) is 0 Å². The molecule has 4 aliphatic rings. The molecule has 4 fully saturated rings. The van der Waals surface area contributed by atoms with E-state index in [0.717, 1.165) is 0 Å². The summed E-state index contributed by atoms with van der Waals surface area (Å²) in [6, 6.07) is 22.1. The van der Waals surface area contributed by atoms with Crippen molar-refractivity contribution < 1.29 is 0 Å². The average molecular weight is 448 g/mol. The van der Waals surface area contributed by atoms with Crippen LogP contribution in [0, 0.1) is 47.5 Å². The Bertz CT molecular complexity index is 1060. The topological polar surface area (TPSA) is 0 Å². The summed E-state index contributed by atoms with van der Waals surface area (Å²) in [7, 11) is 0. The molecule has 0 amide bonds. The molecule has 0 heteroatoms. The van der Waals surface area contributed by atoms with Crippen LogP contribution >= 0.6 is 0 Å². The predicted molar refractivity (Wildman–Crippen MR) is 144 cm³/mol. The van der Waals surface area contributed by atoms with Crippen molar-refractivity contribution in [3.05, 3.63) is 111 Å². The zero-order valence-corrected chi connectivity index (χ0v) is 21.9. The molecular weight excluding hydrogens is 408 g/mol. The summed E-state index contributed by atoms with van der Waals surface area (Å²) in [6.07, 6.45) is 7.74.